The van der Waals surface area contributed by atoms with Gasteiger partial charge in [0, 0.05) is 17.0 Å². The van der Waals surface area contributed by atoms with E-state index >= 15 is 0 Å². The molecular weight excluding hydrogens is 526 g/mol. The summed E-state index contributed by atoms with van der Waals surface area (Å²) >= 11 is 1.16. The molecule has 0 spiro atoms. The highest BCUT2D eigenvalue weighted by molar-refractivity contribution is 8.03. The van der Waals surface area contributed by atoms with Crippen molar-refractivity contribution in [1.29, 1.82) is 5.26 Å². The molecule has 3 aromatic rings. The molecule has 9 heteroatoms. The number of benzene rings is 3. The fraction of sp³-hybridized carbons (Fsp3) is 0.194. The van der Waals surface area contributed by atoms with Crippen LogP contribution in [0, 0.1) is 11.3 Å². The largest absolute Gasteiger partial charge is 0.493 e. The van der Waals surface area contributed by atoms with Gasteiger partial charge in [-0.25, -0.2) is 0 Å². The van der Waals surface area contributed by atoms with Gasteiger partial charge in [0.2, 0.25) is 0 Å². The number of carbonyl (C=O) groups excluding carboxylic acids is 2. The minimum atomic E-state index is -0.724. The lowest BCUT2D eigenvalue weighted by Crippen LogP contribution is -2.31. The van der Waals surface area contributed by atoms with Crippen LogP contribution in [-0.4, -0.2) is 31.8 Å². The number of nitriles is 1. The zero-order valence-electron chi connectivity index (χ0n) is 22.4. The van der Waals surface area contributed by atoms with Crippen molar-refractivity contribution in [2.24, 2.45) is 0 Å². The summed E-state index contributed by atoms with van der Waals surface area (Å²) in [5, 5.41) is 16.9. The standard InChI is InChI=1S/C31H29N3O5S/c1-20-28(30(36)34-23-12-8-5-9-13-23)29(22-14-15-25(37-2)26(16-22)38-3)24(17-32)31(33-20)40-19-27(35)39-18-21-10-6-4-7-11-21/h4-16,29,33H,18-19H2,1-3H3,(H,34,36)/t29-/m1/s1. The Morgan fingerprint density at radius 2 is 1.65 bits per heavy atom. The summed E-state index contributed by atoms with van der Waals surface area (Å²) < 4.78 is 16.3. The number of esters is 1. The van der Waals surface area contributed by atoms with Crippen molar-refractivity contribution in [2.75, 3.05) is 25.3 Å². The highest BCUT2D eigenvalue weighted by Crippen LogP contribution is 2.43. The summed E-state index contributed by atoms with van der Waals surface area (Å²) in [6.45, 7) is 1.94. The van der Waals surface area contributed by atoms with Gasteiger partial charge in [0.25, 0.3) is 5.91 Å². The molecule has 1 aliphatic rings. The number of dihydropyridines is 1. The first kappa shape index (κ1) is 28.3. The Kier molecular flexibility index (Phi) is 9.49. The van der Waals surface area contributed by atoms with Crippen LogP contribution >= 0.6 is 11.8 Å². The molecule has 3 aromatic carbocycles. The van der Waals surface area contributed by atoms with Crippen LogP contribution in [-0.2, 0) is 20.9 Å². The molecule has 0 saturated carbocycles. The van der Waals surface area contributed by atoms with Crippen LogP contribution < -0.4 is 20.1 Å². The van der Waals surface area contributed by atoms with Crippen molar-refractivity contribution in [3.05, 3.63) is 112 Å². The molecule has 1 atom stereocenters. The van der Waals surface area contributed by atoms with Crippen LogP contribution in [0.25, 0.3) is 0 Å². The number of hydrogen-bond acceptors (Lipinski definition) is 8. The maximum Gasteiger partial charge on any atom is 0.316 e. The van der Waals surface area contributed by atoms with Gasteiger partial charge in [-0.3, -0.25) is 9.59 Å². The molecule has 0 bridgehead atoms. The Hall–Kier alpha value is -4.68. The van der Waals surface area contributed by atoms with E-state index in [1.807, 2.05) is 48.5 Å². The van der Waals surface area contributed by atoms with Gasteiger partial charge in [0.05, 0.1) is 42.6 Å². The number of para-hydroxylation sites is 1. The van der Waals surface area contributed by atoms with Crippen molar-refractivity contribution in [2.45, 2.75) is 19.4 Å². The Labute approximate surface area is 237 Å². The van der Waals surface area contributed by atoms with Gasteiger partial charge in [-0.15, -0.1) is 0 Å². The molecule has 2 N–H and O–H groups in total. The first-order valence-electron chi connectivity index (χ1n) is 12.5. The van der Waals surface area contributed by atoms with Gasteiger partial charge < -0.3 is 24.8 Å². The monoisotopic (exact) mass is 555 g/mol. The van der Waals surface area contributed by atoms with Gasteiger partial charge in [0.1, 0.15) is 6.61 Å². The molecule has 8 nitrogen and oxygen atoms in total. The van der Waals surface area contributed by atoms with E-state index in [-0.39, 0.29) is 18.3 Å². The molecule has 4 rings (SSSR count). The van der Waals surface area contributed by atoms with E-state index in [1.165, 1.54) is 14.2 Å². The van der Waals surface area contributed by atoms with Gasteiger partial charge in [-0.2, -0.15) is 5.26 Å². The van der Waals surface area contributed by atoms with Crippen molar-refractivity contribution in [3.63, 3.8) is 0 Å². The molecule has 1 heterocycles. The lowest BCUT2D eigenvalue weighted by atomic mass is 9.82. The maximum atomic E-state index is 13.6. The van der Waals surface area contributed by atoms with E-state index in [4.69, 9.17) is 14.2 Å². The topological polar surface area (TPSA) is 110 Å². The Morgan fingerprint density at radius 1 is 0.975 bits per heavy atom. The van der Waals surface area contributed by atoms with Gasteiger partial charge >= 0.3 is 5.97 Å². The number of methoxy groups -OCH3 is 2. The zero-order chi connectivity index (χ0) is 28.5. The van der Waals surface area contributed by atoms with Crippen molar-refractivity contribution in [1.82, 2.24) is 5.32 Å². The number of carbonyl (C=O) groups is 2. The van der Waals surface area contributed by atoms with Crippen LogP contribution in [0.1, 0.15) is 24.0 Å². The summed E-state index contributed by atoms with van der Waals surface area (Å²) in [7, 11) is 3.06. The molecule has 1 amide bonds. The Balaban J connectivity index is 1.65. The lowest BCUT2D eigenvalue weighted by Gasteiger charge is -2.30. The number of amides is 1. The van der Waals surface area contributed by atoms with Crippen LogP contribution in [0.4, 0.5) is 5.69 Å². The number of anilines is 1. The maximum absolute atomic E-state index is 13.6. The van der Waals surface area contributed by atoms with E-state index in [0.717, 1.165) is 17.3 Å². The average molecular weight is 556 g/mol. The van der Waals surface area contributed by atoms with Crippen molar-refractivity contribution in [3.8, 4) is 17.6 Å². The van der Waals surface area contributed by atoms with E-state index in [2.05, 4.69) is 16.7 Å². The molecule has 0 unspecified atom stereocenters. The van der Waals surface area contributed by atoms with E-state index in [9.17, 15) is 14.9 Å². The number of rotatable bonds is 10. The highest BCUT2D eigenvalue weighted by Gasteiger charge is 2.35. The molecule has 1 aliphatic heterocycles. The van der Waals surface area contributed by atoms with Crippen LogP contribution in [0.5, 0.6) is 11.5 Å². The fourth-order valence-electron chi connectivity index (χ4n) is 4.32. The normalized spacial score (nSPS) is 14.6. The summed E-state index contributed by atoms with van der Waals surface area (Å²) in [4.78, 5) is 26.1. The molecule has 0 fully saturated rings. The summed E-state index contributed by atoms with van der Waals surface area (Å²) in [6, 6.07) is 26.1. The number of ether oxygens (including phenoxy) is 3. The third-order valence-corrected chi connectivity index (χ3v) is 7.23. The second-order valence-corrected chi connectivity index (χ2v) is 9.81. The number of allylic oxidation sites excluding steroid dienone is 2. The summed E-state index contributed by atoms with van der Waals surface area (Å²) in [6.07, 6.45) is 0. The molecule has 0 saturated heterocycles. The number of thioether (sulfide) groups is 1. The number of hydrogen-bond donors (Lipinski definition) is 2. The number of nitrogens with one attached hydrogen (secondary N) is 2. The van der Waals surface area contributed by atoms with E-state index in [1.54, 1.807) is 37.3 Å². The first-order chi connectivity index (χ1) is 19.4. The minimum absolute atomic E-state index is 0.0160. The molecule has 204 valence electrons. The van der Waals surface area contributed by atoms with Crippen molar-refractivity contribution >= 4 is 29.3 Å². The second kappa shape index (κ2) is 13.4. The Bertz CT molecular complexity index is 1480. The van der Waals surface area contributed by atoms with Crippen LogP contribution in [0.15, 0.2) is 101 Å². The summed E-state index contributed by atoms with van der Waals surface area (Å²) in [5.74, 6) is -0.521. The molecule has 0 aliphatic carbocycles. The van der Waals surface area contributed by atoms with E-state index < -0.39 is 11.9 Å². The minimum Gasteiger partial charge on any atom is -0.493 e. The smallest absolute Gasteiger partial charge is 0.316 e. The zero-order valence-corrected chi connectivity index (χ0v) is 23.2. The second-order valence-electron chi connectivity index (χ2n) is 8.82. The van der Waals surface area contributed by atoms with Gasteiger partial charge in [-0.1, -0.05) is 66.4 Å². The predicted octanol–water partition coefficient (Wildman–Crippen LogP) is 5.52. The van der Waals surface area contributed by atoms with Crippen LogP contribution in [0.3, 0.4) is 0 Å². The SMILES string of the molecule is COc1ccc([C@@H]2C(C#N)=C(SCC(=O)OCc3ccccc3)NC(C)=C2C(=O)Nc2ccccc2)cc1OC. The highest BCUT2D eigenvalue weighted by atomic mass is 32.2. The molecule has 40 heavy (non-hydrogen) atoms. The third kappa shape index (κ3) is 6.65. The fourth-order valence-corrected chi connectivity index (χ4v) is 5.21. The van der Waals surface area contributed by atoms with Crippen LogP contribution in [0.2, 0.25) is 0 Å². The number of nitrogens with zero attached hydrogens (tertiary/aromatic N) is 1. The van der Waals surface area contributed by atoms with Crippen molar-refractivity contribution < 1.29 is 23.8 Å². The quantitative estimate of drug-likeness (QED) is 0.315. The Morgan fingerprint density at radius 3 is 2.30 bits per heavy atom. The third-order valence-electron chi connectivity index (χ3n) is 6.24. The molecular formula is C31H29N3O5S. The predicted molar refractivity (Wildman–Crippen MR) is 155 cm³/mol. The lowest BCUT2D eigenvalue weighted by molar-refractivity contribution is -0.141. The van der Waals surface area contributed by atoms with Gasteiger partial charge in [0.15, 0.2) is 11.5 Å². The molecule has 0 aromatic heterocycles. The summed E-state index contributed by atoms with van der Waals surface area (Å²) in [5.41, 5.74) is 3.42. The van der Waals surface area contributed by atoms with Gasteiger partial charge in [-0.05, 0) is 42.3 Å². The first-order valence-corrected chi connectivity index (χ1v) is 13.5. The molecule has 0 radical (unpaired) electrons. The average Bonchev–Trinajstić information content (AvgIpc) is 2.99. The van der Waals surface area contributed by atoms with E-state index in [0.29, 0.717) is 44.6 Å².